The number of nitrogens with zero attached hydrogens (tertiary/aromatic N) is 1. The quantitative estimate of drug-likeness (QED) is 0.664. The van der Waals surface area contributed by atoms with Crippen LogP contribution in [0.25, 0.3) is 0 Å². The van der Waals surface area contributed by atoms with E-state index in [1.807, 2.05) is 0 Å². The maximum atomic E-state index is 9.86. The lowest BCUT2D eigenvalue weighted by molar-refractivity contribution is 0.0941. The van der Waals surface area contributed by atoms with Crippen LogP contribution in [0, 0.1) is 11.8 Å². The van der Waals surface area contributed by atoms with E-state index in [-0.39, 0.29) is 6.10 Å². The molecule has 2 atom stereocenters. The normalized spacial score (nSPS) is 16.1. The van der Waals surface area contributed by atoms with Crippen molar-refractivity contribution in [3.8, 4) is 0 Å². The predicted octanol–water partition coefficient (Wildman–Crippen LogP) is 1.57. The molecule has 0 heterocycles. The van der Waals surface area contributed by atoms with Gasteiger partial charge in [-0.15, -0.1) is 0 Å². The first-order valence-electron chi connectivity index (χ1n) is 6.43. The first-order valence-corrected chi connectivity index (χ1v) is 6.43. The average molecular weight is 230 g/mol. The van der Waals surface area contributed by atoms with Crippen molar-refractivity contribution >= 4 is 0 Å². The molecule has 0 aromatic heterocycles. The van der Waals surface area contributed by atoms with E-state index in [1.165, 1.54) is 0 Å². The van der Waals surface area contributed by atoms with Crippen LogP contribution in [0.2, 0.25) is 0 Å². The standard InChI is InChI=1S/C13H30N2O/c1-10(2)7-14-8-13(16)9-15(6)12(5)11(3)4/h10-14,16H,7-9H2,1-6H3. The number of aliphatic hydroxyl groups excluding tert-OH is 1. The molecule has 16 heavy (non-hydrogen) atoms. The van der Waals surface area contributed by atoms with Crippen LogP contribution in [-0.4, -0.2) is 48.8 Å². The van der Waals surface area contributed by atoms with E-state index in [1.54, 1.807) is 0 Å². The van der Waals surface area contributed by atoms with Crippen molar-refractivity contribution in [1.29, 1.82) is 0 Å². The molecule has 0 saturated carbocycles. The zero-order valence-corrected chi connectivity index (χ0v) is 11.8. The lowest BCUT2D eigenvalue weighted by atomic mass is 10.0. The number of hydrogen-bond donors (Lipinski definition) is 2. The summed E-state index contributed by atoms with van der Waals surface area (Å²) in [7, 11) is 2.08. The van der Waals surface area contributed by atoms with Crippen molar-refractivity contribution in [3.63, 3.8) is 0 Å². The lowest BCUT2D eigenvalue weighted by Gasteiger charge is -2.29. The van der Waals surface area contributed by atoms with Gasteiger partial charge in [-0.05, 0) is 32.4 Å². The minimum absolute atomic E-state index is 0.273. The first-order chi connectivity index (χ1) is 7.34. The van der Waals surface area contributed by atoms with Gasteiger partial charge in [0, 0.05) is 19.1 Å². The molecule has 0 aromatic carbocycles. The van der Waals surface area contributed by atoms with Gasteiger partial charge in [0.15, 0.2) is 0 Å². The Morgan fingerprint density at radius 3 is 2.06 bits per heavy atom. The van der Waals surface area contributed by atoms with Crippen LogP contribution < -0.4 is 5.32 Å². The molecule has 3 nitrogen and oxygen atoms in total. The van der Waals surface area contributed by atoms with E-state index in [0.717, 1.165) is 13.1 Å². The van der Waals surface area contributed by atoms with Gasteiger partial charge in [0.2, 0.25) is 0 Å². The van der Waals surface area contributed by atoms with Crippen molar-refractivity contribution < 1.29 is 5.11 Å². The minimum atomic E-state index is -0.273. The summed E-state index contributed by atoms with van der Waals surface area (Å²) < 4.78 is 0. The van der Waals surface area contributed by atoms with E-state index in [4.69, 9.17) is 0 Å². The summed E-state index contributed by atoms with van der Waals surface area (Å²) in [5.41, 5.74) is 0. The van der Waals surface area contributed by atoms with Crippen LogP contribution >= 0.6 is 0 Å². The lowest BCUT2D eigenvalue weighted by Crippen LogP contribution is -2.42. The van der Waals surface area contributed by atoms with E-state index in [0.29, 0.717) is 24.4 Å². The molecule has 3 heteroatoms. The number of likely N-dealkylation sites (N-methyl/N-ethyl adjacent to an activating group) is 1. The molecule has 0 aromatic rings. The van der Waals surface area contributed by atoms with Gasteiger partial charge in [-0.25, -0.2) is 0 Å². The van der Waals surface area contributed by atoms with Gasteiger partial charge in [-0.1, -0.05) is 27.7 Å². The monoisotopic (exact) mass is 230 g/mol. The van der Waals surface area contributed by atoms with Crippen molar-refractivity contribution in [2.45, 2.75) is 46.8 Å². The van der Waals surface area contributed by atoms with Gasteiger partial charge in [0.25, 0.3) is 0 Å². The second-order valence-corrected chi connectivity index (χ2v) is 5.63. The third-order valence-corrected chi connectivity index (χ3v) is 3.09. The molecule has 0 bridgehead atoms. The Balaban J connectivity index is 3.73. The second-order valence-electron chi connectivity index (χ2n) is 5.63. The SMILES string of the molecule is CC(C)CNCC(O)CN(C)C(C)C(C)C. The minimum Gasteiger partial charge on any atom is -0.390 e. The smallest absolute Gasteiger partial charge is 0.0791 e. The van der Waals surface area contributed by atoms with Crippen molar-refractivity contribution in [3.05, 3.63) is 0 Å². The largest absolute Gasteiger partial charge is 0.390 e. The van der Waals surface area contributed by atoms with Gasteiger partial charge in [0.05, 0.1) is 6.10 Å². The Morgan fingerprint density at radius 2 is 1.62 bits per heavy atom. The fourth-order valence-electron chi connectivity index (χ4n) is 1.61. The molecular formula is C13H30N2O. The summed E-state index contributed by atoms with van der Waals surface area (Å²) in [6.45, 7) is 13.4. The molecule has 0 amide bonds. The summed E-state index contributed by atoms with van der Waals surface area (Å²) in [6.07, 6.45) is -0.273. The van der Waals surface area contributed by atoms with Gasteiger partial charge >= 0.3 is 0 Å². The van der Waals surface area contributed by atoms with Crippen molar-refractivity contribution in [2.75, 3.05) is 26.7 Å². The molecule has 0 aliphatic heterocycles. The van der Waals surface area contributed by atoms with Crippen LogP contribution in [0.1, 0.15) is 34.6 Å². The number of hydrogen-bond acceptors (Lipinski definition) is 3. The van der Waals surface area contributed by atoms with Crippen LogP contribution in [-0.2, 0) is 0 Å². The Kier molecular flexibility index (Phi) is 7.98. The summed E-state index contributed by atoms with van der Waals surface area (Å²) in [4.78, 5) is 2.23. The van der Waals surface area contributed by atoms with Gasteiger partial charge < -0.3 is 15.3 Å². The fraction of sp³-hybridized carbons (Fsp3) is 1.00. The Morgan fingerprint density at radius 1 is 1.06 bits per heavy atom. The molecule has 0 radical (unpaired) electrons. The van der Waals surface area contributed by atoms with Crippen LogP contribution in [0.3, 0.4) is 0 Å². The molecule has 0 rings (SSSR count). The molecule has 0 saturated heterocycles. The highest BCUT2D eigenvalue weighted by Gasteiger charge is 2.16. The topological polar surface area (TPSA) is 35.5 Å². The third-order valence-electron chi connectivity index (χ3n) is 3.09. The molecule has 2 N–H and O–H groups in total. The molecule has 98 valence electrons. The maximum Gasteiger partial charge on any atom is 0.0791 e. The second kappa shape index (κ2) is 8.04. The molecule has 0 spiro atoms. The van der Waals surface area contributed by atoms with Gasteiger partial charge in [-0.3, -0.25) is 0 Å². The maximum absolute atomic E-state index is 9.86. The van der Waals surface area contributed by atoms with Crippen LogP contribution in [0.4, 0.5) is 0 Å². The van der Waals surface area contributed by atoms with Crippen LogP contribution in [0.5, 0.6) is 0 Å². The van der Waals surface area contributed by atoms with E-state index >= 15 is 0 Å². The summed E-state index contributed by atoms with van der Waals surface area (Å²) in [6, 6.07) is 0.514. The summed E-state index contributed by atoms with van der Waals surface area (Å²) >= 11 is 0. The van der Waals surface area contributed by atoms with Crippen molar-refractivity contribution in [1.82, 2.24) is 10.2 Å². The molecule has 0 fully saturated rings. The fourth-order valence-corrected chi connectivity index (χ4v) is 1.61. The van der Waals surface area contributed by atoms with E-state index in [2.05, 4.69) is 51.9 Å². The number of nitrogens with one attached hydrogen (secondary N) is 1. The number of aliphatic hydroxyl groups is 1. The first kappa shape index (κ1) is 15.9. The zero-order valence-electron chi connectivity index (χ0n) is 11.8. The Hall–Kier alpha value is -0.120. The summed E-state index contributed by atoms with van der Waals surface area (Å²) in [5.74, 6) is 1.26. The zero-order chi connectivity index (χ0) is 12.7. The van der Waals surface area contributed by atoms with E-state index < -0.39 is 0 Å². The Labute approximate surface area is 101 Å². The molecule has 0 aliphatic rings. The van der Waals surface area contributed by atoms with Gasteiger partial charge in [0.1, 0.15) is 0 Å². The van der Waals surface area contributed by atoms with Crippen LogP contribution in [0.15, 0.2) is 0 Å². The molecule has 2 unspecified atom stereocenters. The number of rotatable bonds is 8. The highest BCUT2D eigenvalue weighted by atomic mass is 16.3. The molecule has 0 aliphatic carbocycles. The average Bonchev–Trinajstić information content (AvgIpc) is 2.15. The van der Waals surface area contributed by atoms with Crippen molar-refractivity contribution in [2.24, 2.45) is 11.8 Å². The predicted molar refractivity (Wildman–Crippen MR) is 70.6 cm³/mol. The third kappa shape index (κ3) is 7.20. The summed E-state index contributed by atoms with van der Waals surface area (Å²) in [5, 5.41) is 13.1. The highest BCUT2D eigenvalue weighted by molar-refractivity contribution is 4.71. The molecular weight excluding hydrogens is 200 g/mol. The van der Waals surface area contributed by atoms with Gasteiger partial charge in [-0.2, -0.15) is 0 Å². The highest BCUT2D eigenvalue weighted by Crippen LogP contribution is 2.08. The van der Waals surface area contributed by atoms with E-state index in [9.17, 15) is 5.11 Å². The Bertz CT molecular complexity index is 171.